The summed E-state index contributed by atoms with van der Waals surface area (Å²) in [5.74, 6) is 0.923. The van der Waals surface area contributed by atoms with Gasteiger partial charge in [0.1, 0.15) is 11.4 Å². The molecule has 29 heavy (non-hydrogen) atoms. The van der Waals surface area contributed by atoms with E-state index in [-0.39, 0.29) is 12.0 Å². The van der Waals surface area contributed by atoms with Crippen molar-refractivity contribution in [2.45, 2.75) is 31.9 Å². The Bertz CT molecular complexity index is 938. The summed E-state index contributed by atoms with van der Waals surface area (Å²) in [4.78, 5) is 30.5. The highest BCUT2D eigenvalue weighted by molar-refractivity contribution is 5.94. The molecule has 3 heterocycles. The van der Waals surface area contributed by atoms with Crippen molar-refractivity contribution in [3.05, 3.63) is 53.2 Å². The second-order valence-corrected chi connectivity index (χ2v) is 7.51. The number of benzene rings is 1. The molecule has 3 N–H and O–H groups in total. The maximum atomic E-state index is 12.9. The van der Waals surface area contributed by atoms with Gasteiger partial charge in [0.25, 0.3) is 5.91 Å². The third kappa shape index (κ3) is 4.17. The van der Waals surface area contributed by atoms with Crippen molar-refractivity contribution in [1.29, 1.82) is 0 Å². The van der Waals surface area contributed by atoms with Gasteiger partial charge in [0.05, 0.1) is 6.54 Å². The summed E-state index contributed by atoms with van der Waals surface area (Å²) in [7, 11) is 0. The predicted octanol–water partition coefficient (Wildman–Crippen LogP) is 2.36. The average Bonchev–Trinajstić information content (AvgIpc) is 3.07. The van der Waals surface area contributed by atoms with Crippen LogP contribution in [0.4, 0.5) is 4.79 Å². The summed E-state index contributed by atoms with van der Waals surface area (Å²) in [6, 6.07) is 10.8. The quantitative estimate of drug-likeness (QED) is 0.822. The van der Waals surface area contributed by atoms with Gasteiger partial charge in [0.15, 0.2) is 0 Å². The highest BCUT2D eigenvalue weighted by Crippen LogP contribution is 2.30. The van der Waals surface area contributed by atoms with Gasteiger partial charge in [0.2, 0.25) is 5.88 Å². The predicted molar refractivity (Wildman–Crippen MR) is 106 cm³/mol. The molecular formula is C21H24N4O4. The van der Waals surface area contributed by atoms with Crippen molar-refractivity contribution in [3.8, 4) is 11.6 Å². The van der Waals surface area contributed by atoms with Crippen LogP contribution in [0.5, 0.6) is 11.6 Å². The van der Waals surface area contributed by atoms with Crippen molar-refractivity contribution >= 4 is 12.0 Å². The van der Waals surface area contributed by atoms with E-state index in [1.807, 2.05) is 13.0 Å². The number of carbonyl (C=O) groups excluding carboxylic acids is 2. The third-order valence-electron chi connectivity index (χ3n) is 5.35. The molecule has 2 saturated heterocycles. The molecular weight excluding hydrogens is 372 g/mol. The van der Waals surface area contributed by atoms with Crippen molar-refractivity contribution in [1.82, 2.24) is 15.2 Å². The van der Waals surface area contributed by atoms with E-state index in [1.165, 1.54) is 0 Å². The van der Waals surface area contributed by atoms with E-state index in [9.17, 15) is 9.59 Å². The minimum absolute atomic E-state index is 0.0672. The van der Waals surface area contributed by atoms with E-state index in [1.54, 1.807) is 35.2 Å². The number of likely N-dealkylation sites (tertiary alicyclic amines) is 1. The summed E-state index contributed by atoms with van der Waals surface area (Å²) >= 11 is 0. The number of aromatic nitrogens is 1. The zero-order valence-electron chi connectivity index (χ0n) is 16.3. The minimum atomic E-state index is -0.476. The number of carbonyl (C=O) groups is 2. The number of alkyl carbamates (subject to hydrolysis) is 1. The summed E-state index contributed by atoms with van der Waals surface area (Å²) in [5.41, 5.74) is 7.54. The average molecular weight is 396 g/mol. The molecule has 0 bridgehead atoms. The summed E-state index contributed by atoms with van der Waals surface area (Å²) in [5, 5.41) is 2.70. The Kier molecular flexibility index (Phi) is 5.10. The maximum Gasteiger partial charge on any atom is 0.407 e. The molecule has 2 amide bonds. The Morgan fingerprint density at radius 2 is 2.10 bits per heavy atom. The van der Waals surface area contributed by atoms with E-state index in [0.29, 0.717) is 56.2 Å². The Hall–Kier alpha value is -3.13. The Morgan fingerprint density at radius 3 is 2.79 bits per heavy atom. The molecule has 0 radical (unpaired) electrons. The lowest BCUT2D eigenvalue weighted by molar-refractivity contribution is 0.00330. The van der Waals surface area contributed by atoms with Gasteiger partial charge in [-0.05, 0) is 36.8 Å². The molecule has 0 unspecified atom stereocenters. The molecule has 4 rings (SSSR count). The Balaban J connectivity index is 1.44. The van der Waals surface area contributed by atoms with Gasteiger partial charge in [-0.25, -0.2) is 9.78 Å². The van der Waals surface area contributed by atoms with Crippen molar-refractivity contribution in [2.75, 3.05) is 19.6 Å². The van der Waals surface area contributed by atoms with Gasteiger partial charge in [-0.3, -0.25) is 4.79 Å². The van der Waals surface area contributed by atoms with Gasteiger partial charge in [-0.15, -0.1) is 0 Å². The fourth-order valence-electron chi connectivity index (χ4n) is 3.77. The van der Waals surface area contributed by atoms with Crippen LogP contribution < -0.4 is 15.8 Å². The summed E-state index contributed by atoms with van der Waals surface area (Å²) < 4.78 is 11.3. The topological polar surface area (TPSA) is 107 Å². The number of hydrogen-bond donors (Lipinski definition) is 2. The number of amides is 2. The van der Waals surface area contributed by atoms with Crippen LogP contribution in [0.15, 0.2) is 36.4 Å². The number of ether oxygens (including phenoxy) is 2. The van der Waals surface area contributed by atoms with E-state index in [0.717, 1.165) is 11.3 Å². The molecule has 2 aliphatic rings. The molecule has 8 nitrogen and oxygen atoms in total. The Labute approximate surface area is 169 Å². The molecule has 0 saturated carbocycles. The number of nitrogens with one attached hydrogen (secondary N) is 1. The third-order valence-corrected chi connectivity index (χ3v) is 5.35. The normalized spacial score (nSPS) is 17.7. The smallest absolute Gasteiger partial charge is 0.407 e. The van der Waals surface area contributed by atoms with Crippen LogP contribution in [0.25, 0.3) is 0 Å². The summed E-state index contributed by atoms with van der Waals surface area (Å²) in [6.07, 6.45) is 0.878. The number of nitrogens with zero attached hydrogens (tertiary/aromatic N) is 2. The van der Waals surface area contributed by atoms with Crippen LogP contribution in [0.3, 0.4) is 0 Å². The first-order chi connectivity index (χ1) is 14.0. The van der Waals surface area contributed by atoms with Gasteiger partial charge in [-0.2, -0.15) is 0 Å². The molecule has 0 aliphatic carbocycles. The second kappa shape index (κ2) is 7.71. The standard InChI is InChI=1S/C21H24N4O4/c1-14-9-15(12-22)10-18(24-14)28-17-4-2-3-16(11-17)19(26)25-7-5-21(6-8-25)13-23-20(27)29-21/h2-4,9-11H,5-8,12-13,22H2,1H3,(H,23,27). The van der Waals surface area contributed by atoms with Crippen molar-refractivity contribution in [3.63, 3.8) is 0 Å². The van der Waals surface area contributed by atoms with Crippen molar-refractivity contribution < 1.29 is 19.1 Å². The molecule has 2 fully saturated rings. The van der Waals surface area contributed by atoms with Crippen molar-refractivity contribution in [2.24, 2.45) is 5.73 Å². The van der Waals surface area contributed by atoms with Crippen LogP contribution in [0.1, 0.15) is 34.5 Å². The van der Waals surface area contributed by atoms with E-state index >= 15 is 0 Å². The van der Waals surface area contributed by atoms with Gasteiger partial charge in [-0.1, -0.05) is 6.07 Å². The van der Waals surface area contributed by atoms with E-state index < -0.39 is 5.60 Å². The van der Waals surface area contributed by atoms with Crippen LogP contribution in [-0.2, 0) is 11.3 Å². The van der Waals surface area contributed by atoms with Gasteiger partial charge >= 0.3 is 6.09 Å². The van der Waals surface area contributed by atoms with Crippen LogP contribution in [0, 0.1) is 6.92 Å². The number of pyridine rings is 1. The first-order valence-electron chi connectivity index (χ1n) is 9.68. The molecule has 8 heteroatoms. The monoisotopic (exact) mass is 396 g/mol. The number of aryl methyl sites for hydroxylation is 1. The van der Waals surface area contributed by atoms with E-state index in [4.69, 9.17) is 15.2 Å². The molecule has 1 spiro atoms. The number of rotatable bonds is 4. The second-order valence-electron chi connectivity index (χ2n) is 7.51. The van der Waals surface area contributed by atoms with E-state index in [2.05, 4.69) is 10.3 Å². The molecule has 1 aromatic carbocycles. The number of hydrogen-bond acceptors (Lipinski definition) is 6. The lowest BCUT2D eigenvalue weighted by atomic mass is 9.91. The number of nitrogens with two attached hydrogens (primary N) is 1. The number of piperidine rings is 1. The fraction of sp³-hybridized carbons (Fsp3) is 0.381. The zero-order chi connectivity index (χ0) is 20.4. The first-order valence-corrected chi connectivity index (χ1v) is 9.68. The first kappa shape index (κ1) is 19.2. The molecule has 2 aromatic rings. The molecule has 152 valence electrons. The van der Waals surface area contributed by atoms with Gasteiger partial charge < -0.3 is 25.4 Å². The lowest BCUT2D eigenvalue weighted by Gasteiger charge is -2.37. The fourth-order valence-corrected chi connectivity index (χ4v) is 3.77. The molecule has 2 aliphatic heterocycles. The Morgan fingerprint density at radius 1 is 1.31 bits per heavy atom. The van der Waals surface area contributed by atoms with Gasteiger partial charge in [0, 0.05) is 49.8 Å². The zero-order valence-corrected chi connectivity index (χ0v) is 16.3. The lowest BCUT2D eigenvalue weighted by Crippen LogP contribution is -2.48. The maximum absolute atomic E-state index is 12.9. The molecule has 1 aromatic heterocycles. The summed E-state index contributed by atoms with van der Waals surface area (Å²) in [6.45, 7) is 3.87. The minimum Gasteiger partial charge on any atom is -0.441 e. The highest BCUT2D eigenvalue weighted by Gasteiger charge is 2.43. The highest BCUT2D eigenvalue weighted by atomic mass is 16.6. The largest absolute Gasteiger partial charge is 0.441 e. The molecule has 0 atom stereocenters. The van der Waals surface area contributed by atoms with Crippen LogP contribution in [-0.4, -0.2) is 47.1 Å². The SMILES string of the molecule is Cc1cc(CN)cc(Oc2cccc(C(=O)N3CCC4(CC3)CNC(=O)O4)c2)n1. The van der Waals surface area contributed by atoms with Crippen LogP contribution in [0.2, 0.25) is 0 Å². The van der Waals surface area contributed by atoms with Crippen LogP contribution >= 0.6 is 0 Å².